The van der Waals surface area contributed by atoms with Crippen LogP contribution in [0.3, 0.4) is 0 Å². The molecular formula is C126H122N4S2. The number of benzene rings is 18. The lowest BCUT2D eigenvalue weighted by atomic mass is 9.76. The molecule has 0 atom stereocenters. The maximum absolute atomic E-state index is 2.67. The van der Waals surface area contributed by atoms with Crippen LogP contribution in [-0.2, 0) is 0 Å². The maximum Gasteiger partial charge on any atom is 0.0640 e. The lowest BCUT2D eigenvalue weighted by molar-refractivity contribution is 0.396. The maximum atomic E-state index is 2.67. The molecule has 2 aliphatic rings. The fraction of sp³-hybridized carbons (Fsp3) is 0.270. The number of fused-ring (bicyclic) bond motifs is 6. The second kappa shape index (κ2) is 34.1. The van der Waals surface area contributed by atoms with Crippen LogP contribution in [-0.4, -0.2) is 0 Å². The van der Waals surface area contributed by atoms with E-state index in [9.17, 15) is 0 Å². The molecule has 4 nitrogen and oxygen atoms in total. The second-order valence-corrected chi connectivity index (χ2v) is 43.0. The monoisotopic (exact) mass is 1750 g/mol. The molecule has 2 heterocycles. The summed E-state index contributed by atoms with van der Waals surface area (Å²) < 4.78 is 5.29. The van der Waals surface area contributed by atoms with Gasteiger partial charge in [0.2, 0.25) is 0 Å². The lowest BCUT2D eigenvalue weighted by Crippen LogP contribution is -2.14. The molecule has 0 N–H and O–H groups in total. The van der Waals surface area contributed by atoms with E-state index in [1.54, 1.807) is 0 Å². The topological polar surface area (TPSA) is 13.0 Å². The van der Waals surface area contributed by atoms with Crippen LogP contribution in [0.4, 0.5) is 68.2 Å². The summed E-state index contributed by atoms with van der Waals surface area (Å²) in [6.07, 6.45) is 11.1. The summed E-state index contributed by atoms with van der Waals surface area (Å²) in [5.74, 6) is 3.46. The Kier molecular flexibility index (Phi) is 22.0. The van der Waals surface area contributed by atoms with Crippen molar-refractivity contribution in [2.45, 2.75) is 222 Å². The Bertz CT molecular complexity index is 7760. The van der Waals surface area contributed by atoms with Gasteiger partial charge in [-0.2, -0.15) is 0 Å². The van der Waals surface area contributed by atoms with Gasteiger partial charge in [0.1, 0.15) is 0 Å². The van der Waals surface area contributed by atoms with Crippen LogP contribution in [0.2, 0.25) is 0 Å². The molecule has 0 spiro atoms. The molecule has 0 unspecified atom stereocenters. The Hall–Kier alpha value is -12.3. The Morgan fingerprint density at radius 3 is 0.924 bits per heavy atom. The zero-order valence-electron chi connectivity index (χ0n) is 79.8. The fourth-order valence-corrected chi connectivity index (χ4v) is 26.0. The predicted octanol–water partition coefficient (Wildman–Crippen LogP) is 39.6. The van der Waals surface area contributed by atoms with E-state index in [2.05, 4.69) is 415 Å². The Morgan fingerprint density at radius 1 is 0.227 bits per heavy atom. The van der Waals surface area contributed by atoms with Crippen LogP contribution >= 0.6 is 22.7 Å². The van der Waals surface area contributed by atoms with E-state index in [0.29, 0.717) is 29.6 Å². The van der Waals surface area contributed by atoms with E-state index >= 15 is 0 Å². The fourth-order valence-electron chi connectivity index (χ4n) is 23.6. The van der Waals surface area contributed by atoms with E-state index in [1.165, 1.54) is 278 Å². The van der Waals surface area contributed by atoms with Gasteiger partial charge in [-0.05, 0) is 333 Å². The Balaban J connectivity index is 0.621. The van der Waals surface area contributed by atoms with Gasteiger partial charge in [0.25, 0.3) is 0 Å². The third kappa shape index (κ3) is 14.6. The SMILES string of the molecule is Cc1ccc(N(c2cc(C(C)C)c3ccc4c(N(c5ccc(C)cc5C)c5cccc6c5sc5cc(C7CCC(c8ccc(N(c9ccc(C%10CCCCC%10)cc9)c9cc(C(C)C)c%10ccc%11c(N(c%12ccc(C(C)C)cc%12)c%12ccc(C(C)C)cc%12)cc(C(C)C)c%12ccc9c%10c%12%11)cc8)CC7)ccc56)cc(C(C)C)c5ccc2c3c54)c2cccc3c2sc2ccccc23)c(C)c1. The molecule has 2 aliphatic carbocycles. The molecule has 2 fully saturated rings. The smallest absolute Gasteiger partial charge is 0.0640 e. The average molecular weight is 1760 g/mol. The van der Waals surface area contributed by atoms with Crippen LogP contribution in [0.25, 0.3) is 105 Å². The molecule has 20 aromatic rings. The summed E-state index contributed by atoms with van der Waals surface area (Å²) in [5, 5.41) is 21.1. The Labute approximate surface area is 788 Å². The van der Waals surface area contributed by atoms with Gasteiger partial charge in [-0.25, -0.2) is 0 Å². The average Bonchev–Trinajstić information content (AvgIpc) is 1.09. The van der Waals surface area contributed by atoms with Crippen molar-refractivity contribution in [1.29, 1.82) is 0 Å². The minimum Gasteiger partial charge on any atom is -0.310 e. The van der Waals surface area contributed by atoms with Crippen molar-refractivity contribution in [3.8, 4) is 0 Å². The highest BCUT2D eigenvalue weighted by atomic mass is 32.1. The van der Waals surface area contributed by atoms with E-state index in [-0.39, 0.29) is 23.7 Å². The van der Waals surface area contributed by atoms with Crippen molar-refractivity contribution in [1.82, 2.24) is 0 Å². The van der Waals surface area contributed by atoms with E-state index in [1.807, 2.05) is 22.7 Å². The molecule has 0 saturated heterocycles. The quantitative estimate of drug-likeness (QED) is 0.0665. The summed E-state index contributed by atoms with van der Waals surface area (Å²) in [6.45, 7) is 37.4. The van der Waals surface area contributed by atoms with Crippen molar-refractivity contribution >= 4 is 196 Å². The van der Waals surface area contributed by atoms with Crippen LogP contribution < -0.4 is 19.6 Å². The molecule has 0 bridgehead atoms. The molecule has 0 radical (unpaired) electrons. The molecule has 2 saturated carbocycles. The third-order valence-corrected chi connectivity index (χ3v) is 32.9. The van der Waals surface area contributed by atoms with Gasteiger partial charge in [-0.1, -0.05) is 289 Å². The van der Waals surface area contributed by atoms with Gasteiger partial charge in [-0.15, -0.1) is 22.7 Å². The number of aryl methyl sites for hydroxylation is 4. The minimum atomic E-state index is 0.239. The summed E-state index contributed by atoms with van der Waals surface area (Å²) >= 11 is 3.90. The lowest BCUT2D eigenvalue weighted by Gasteiger charge is -2.33. The van der Waals surface area contributed by atoms with Crippen molar-refractivity contribution in [2.75, 3.05) is 19.6 Å². The first-order valence-electron chi connectivity index (χ1n) is 49.2. The molecule has 22 rings (SSSR count). The van der Waals surface area contributed by atoms with Gasteiger partial charge < -0.3 is 19.6 Å². The number of nitrogens with zero attached hydrogens (tertiary/aromatic N) is 4. The molecular weight excluding hydrogens is 1630 g/mol. The number of thiophene rings is 2. The minimum absolute atomic E-state index is 0.239. The number of hydrogen-bond acceptors (Lipinski definition) is 6. The van der Waals surface area contributed by atoms with Gasteiger partial charge in [-0.3, -0.25) is 0 Å². The summed E-state index contributed by atoms with van der Waals surface area (Å²) in [7, 11) is 0. The molecule has 658 valence electrons. The summed E-state index contributed by atoms with van der Waals surface area (Å²) in [4.78, 5) is 10.5. The van der Waals surface area contributed by atoms with Crippen LogP contribution in [0.1, 0.15) is 266 Å². The third-order valence-electron chi connectivity index (χ3n) is 30.5. The van der Waals surface area contributed by atoms with Crippen LogP contribution in [0.15, 0.2) is 285 Å². The zero-order valence-corrected chi connectivity index (χ0v) is 81.4. The molecule has 0 aliphatic heterocycles. The highest BCUT2D eigenvalue weighted by Crippen LogP contribution is 2.58. The van der Waals surface area contributed by atoms with Crippen molar-refractivity contribution in [3.63, 3.8) is 0 Å². The number of anilines is 12. The Morgan fingerprint density at radius 2 is 0.545 bits per heavy atom. The number of rotatable bonds is 21. The second-order valence-electron chi connectivity index (χ2n) is 40.9. The summed E-state index contributed by atoms with van der Waals surface area (Å²) in [6, 6.07) is 113. The van der Waals surface area contributed by atoms with Crippen molar-refractivity contribution in [2.24, 2.45) is 0 Å². The van der Waals surface area contributed by atoms with E-state index in [4.69, 9.17) is 0 Å². The normalized spacial score (nSPS) is 14.9. The standard InChI is InChI=1S/C126H122N4S2/c1-73(2)83-38-47-91(48-39-83)127(92-49-40-84(41-50-92)74(3)4)115-69-107(75(5)6)97-57-61-104-116(70-108(76(7)8)98-56-60-103(115)121(97)122(98)104)128(93-51-42-87(43-52-93)85-24-18-17-19-25-85)94-53-44-88(45-54-94)86-34-36-89(37-35-86)90-46-55-96-102-28-23-30-114(126(102)132-120(96)68-90)130(112-65-33-80(14)67-82(112)16)118-72-110(78(11)12)100-58-62-105-117(71-109(77(9)10)99-59-63-106(118)124(100)123(99)105)129(111-64-32-79(13)66-81(111)15)113-29-22-27-101-95-26-20-21-31-119(95)131-125(101)113/h20-23,26-33,38-78,85-86,89H,17-19,24-25,34-37H2,1-16H3. The highest BCUT2D eigenvalue weighted by molar-refractivity contribution is 7.27. The molecule has 18 aromatic carbocycles. The van der Waals surface area contributed by atoms with E-state index < -0.39 is 0 Å². The van der Waals surface area contributed by atoms with Crippen molar-refractivity contribution < 1.29 is 0 Å². The van der Waals surface area contributed by atoms with Gasteiger partial charge >= 0.3 is 0 Å². The number of hydrogen-bond donors (Lipinski definition) is 0. The molecule has 0 amide bonds. The largest absolute Gasteiger partial charge is 0.310 e. The highest BCUT2D eigenvalue weighted by Gasteiger charge is 2.34. The molecule has 132 heavy (non-hydrogen) atoms. The van der Waals surface area contributed by atoms with Crippen LogP contribution in [0.5, 0.6) is 0 Å². The zero-order chi connectivity index (χ0) is 90.5. The first-order valence-corrected chi connectivity index (χ1v) is 50.9. The van der Waals surface area contributed by atoms with Crippen LogP contribution in [0, 0.1) is 27.7 Å². The predicted molar refractivity (Wildman–Crippen MR) is 578 cm³/mol. The first kappa shape index (κ1) is 85.2. The summed E-state index contributed by atoms with van der Waals surface area (Å²) in [5.41, 5.74) is 32.1. The molecule has 2 aromatic heterocycles. The van der Waals surface area contributed by atoms with Gasteiger partial charge in [0.15, 0.2) is 0 Å². The van der Waals surface area contributed by atoms with E-state index in [0.717, 1.165) is 25.7 Å². The van der Waals surface area contributed by atoms with Crippen molar-refractivity contribution in [3.05, 3.63) is 357 Å². The van der Waals surface area contributed by atoms with Gasteiger partial charge in [0.05, 0.1) is 43.5 Å². The van der Waals surface area contributed by atoms with Gasteiger partial charge in [0, 0.05) is 86.6 Å². The first-order chi connectivity index (χ1) is 64.1. The molecule has 6 heteroatoms.